The minimum absolute atomic E-state index is 0.0503. The number of halogens is 4. The van der Waals surface area contributed by atoms with E-state index in [0.29, 0.717) is 59.8 Å². The zero-order valence-electron chi connectivity index (χ0n) is 29.9. The Balaban J connectivity index is 1.15. The van der Waals surface area contributed by atoms with E-state index >= 15 is 4.39 Å². The molecule has 3 fully saturated rings. The monoisotopic (exact) mass is 730 g/mol. The third-order valence-electron chi connectivity index (χ3n) is 10.6. The summed E-state index contributed by atoms with van der Waals surface area (Å²) in [6, 6.07) is 16.9. The number of ketones is 1. The molecule has 4 heterocycles. The molecular formula is C42H46F4N4O3. The number of carbonyl (C=O) groups excluding carboxylic acids is 1. The van der Waals surface area contributed by atoms with Gasteiger partial charge in [0.2, 0.25) is 11.8 Å². The first kappa shape index (κ1) is 37.0. The van der Waals surface area contributed by atoms with E-state index in [-0.39, 0.29) is 28.8 Å². The second kappa shape index (κ2) is 16.8. The summed E-state index contributed by atoms with van der Waals surface area (Å²) in [6.45, 7) is 2.80. The fraction of sp³-hybridized carbons (Fsp3) is 0.452. The Kier molecular flexibility index (Phi) is 11.7. The number of hydrogen-bond donors (Lipinski definition) is 0. The van der Waals surface area contributed by atoms with Crippen molar-refractivity contribution in [2.24, 2.45) is 5.92 Å². The number of hydrogen-bond acceptors (Lipinski definition) is 6. The number of likely N-dealkylation sites (tertiary alicyclic amines) is 1. The van der Waals surface area contributed by atoms with Crippen LogP contribution in [0.25, 0.3) is 22.0 Å². The van der Waals surface area contributed by atoms with E-state index in [1.54, 1.807) is 66.7 Å². The quantitative estimate of drug-likeness (QED) is 0.0870. The van der Waals surface area contributed by atoms with E-state index in [1.165, 1.54) is 17.3 Å². The Morgan fingerprint density at radius 3 is 2.43 bits per heavy atom. The molecule has 0 amide bonds. The number of piperidine rings is 1. The van der Waals surface area contributed by atoms with Crippen LogP contribution in [0.3, 0.4) is 0 Å². The van der Waals surface area contributed by atoms with Crippen molar-refractivity contribution in [3.8, 4) is 5.88 Å². The predicted octanol–water partition coefficient (Wildman–Crippen LogP) is 9.73. The highest BCUT2D eigenvalue weighted by Crippen LogP contribution is 2.41. The zero-order valence-corrected chi connectivity index (χ0v) is 29.9. The average Bonchev–Trinajstić information content (AvgIpc) is 3.51. The summed E-state index contributed by atoms with van der Waals surface area (Å²) in [6.07, 6.45) is 8.77. The maximum Gasteiger partial charge on any atom is 0.393 e. The number of benzene rings is 2. The molecule has 7 nitrogen and oxygen atoms in total. The molecule has 2 aromatic heterocycles. The van der Waals surface area contributed by atoms with Crippen molar-refractivity contribution in [2.45, 2.75) is 89.1 Å². The van der Waals surface area contributed by atoms with Gasteiger partial charge in [0, 0.05) is 43.4 Å². The van der Waals surface area contributed by atoms with E-state index in [4.69, 9.17) is 9.47 Å². The van der Waals surface area contributed by atoms with Gasteiger partial charge in [-0.05, 0) is 98.0 Å². The third kappa shape index (κ3) is 9.24. The summed E-state index contributed by atoms with van der Waals surface area (Å²) < 4.78 is 72.0. The molecule has 0 N–H and O–H groups in total. The fourth-order valence-corrected chi connectivity index (χ4v) is 7.97. The van der Waals surface area contributed by atoms with Crippen LogP contribution in [0.2, 0.25) is 0 Å². The predicted molar refractivity (Wildman–Crippen MR) is 197 cm³/mol. The summed E-state index contributed by atoms with van der Waals surface area (Å²) in [5, 5.41) is 4.35. The van der Waals surface area contributed by atoms with Gasteiger partial charge >= 0.3 is 6.18 Å². The van der Waals surface area contributed by atoms with Crippen molar-refractivity contribution in [1.29, 1.82) is 0 Å². The van der Waals surface area contributed by atoms with Gasteiger partial charge in [0.15, 0.2) is 12.0 Å². The first-order valence-corrected chi connectivity index (χ1v) is 18.9. The lowest BCUT2D eigenvalue weighted by Gasteiger charge is -2.31. The summed E-state index contributed by atoms with van der Waals surface area (Å²) in [5.74, 6) is 0.0491. The standard InChI is InChI=1S/C42H46F4N4O3/c43-41-34-25-31(18-20-36(34)50(48-41)39-17-7-8-24-52-39)40(35(26-42(44,45)46)29-11-3-1-4-12-29)32-19-21-38(47-27-32)53-33-15-9-22-49(28-33)23-10-16-37(51)30-13-5-2-6-14-30/h1,3-4,10-12,16,18-21,25,27,30,33,39H,2,5-9,13-15,17,22-24,26,28H2/b16-10+,40-35-/t33-,39?/m1/s1. The van der Waals surface area contributed by atoms with Gasteiger partial charge in [-0.1, -0.05) is 61.7 Å². The van der Waals surface area contributed by atoms with Gasteiger partial charge in [-0.15, -0.1) is 5.10 Å². The highest BCUT2D eigenvalue weighted by Gasteiger charge is 2.32. The molecule has 1 aliphatic carbocycles. The number of carbonyl (C=O) groups is 1. The summed E-state index contributed by atoms with van der Waals surface area (Å²) in [4.78, 5) is 19.4. The molecule has 1 unspecified atom stereocenters. The molecule has 2 aliphatic heterocycles. The minimum atomic E-state index is -4.52. The molecule has 53 heavy (non-hydrogen) atoms. The Bertz CT molecular complexity index is 1910. The van der Waals surface area contributed by atoms with Crippen LogP contribution in [-0.2, 0) is 9.53 Å². The highest BCUT2D eigenvalue weighted by molar-refractivity contribution is 6.00. The van der Waals surface area contributed by atoms with E-state index in [2.05, 4.69) is 15.0 Å². The van der Waals surface area contributed by atoms with Gasteiger partial charge < -0.3 is 9.47 Å². The zero-order chi connectivity index (χ0) is 36.8. The lowest BCUT2D eigenvalue weighted by molar-refractivity contribution is -0.123. The Labute approximate surface area is 307 Å². The number of rotatable bonds is 11. The number of ether oxygens (including phenoxy) is 2. The summed E-state index contributed by atoms with van der Waals surface area (Å²) in [5.41, 5.74) is 2.13. The van der Waals surface area contributed by atoms with Crippen molar-refractivity contribution in [3.05, 3.63) is 102 Å². The molecule has 2 atom stereocenters. The number of nitrogens with zero attached hydrogens (tertiary/aromatic N) is 4. The molecule has 2 saturated heterocycles. The van der Waals surface area contributed by atoms with Crippen molar-refractivity contribution in [3.63, 3.8) is 0 Å². The molecule has 4 aromatic rings. The lowest BCUT2D eigenvalue weighted by Crippen LogP contribution is -2.41. The van der Waals surface area contributed by atoms with Crippen molar-refractivity contribution >= 4 is 27.8 Å². The van der Waals surface area contributed by atoms with Crippen LogP contribution >= 0.6 is 0 Å². The maximum atomic E-state index is 15.5. The molecule has 1 saturated carbocycles. The number of allylic oxidation sites excluding steroid dienone is 2. The van der Waals surface area contributed by atoms with Crippen LogP contribution in [0, 0.1) is 11.9 Å². The van der Waals surface area contributed by atoms with Crippen LogP contribution in [0.15, 0.2) is 79.0 Å². The maximum absolute atomic E-state index is 15.5. The van der Waals surface area contributed by atoms with Gasteiger partial charge in [0.05, 0.1) is 17.3 Å². The largest absolute Gasteiger partial charge is 0.473 e. The molecule has 2 aromatic carbocycles. The van der Waals surface area contributed by atoms with Crippen LogP contribution in [-0.4, -0.2) is 64.0 Å². The SMILES string of the molecule is O=C(/C=C/CN1CCC[C@@H](Oc2ccc(/C(=C(/CC(F)(F)F)c3ccccc3)c3ccc4c(c3)c(F)nn4C3CCCCO3)cn2)C1)C1CCCCC1. The van der Waals surface area contributed by atoms with E-state index < -0.39 is 24.8 Å². The van der Waals surface area contributed by atoms with Gasteiger partial charge in [-0.3, -0.25) is 9.69 Å². The summed E-state index contributed by atoms with van der Waals surface area (Å²) >= 11 is 0. The second-order valence-electron chi connectivity index (χ2n) is 14.5. The third-order valence-corrected chi connectivity index (χ3v) is 10.6. The van der Waals surface area contributed by atoms with Crippen LogP contribution in [0.1, 0.15) is 93.5 Å². The van der Waals surface area contributed by atoms with E-state index in [0.717, 1.165) is 57.9 Å². The van der Waals surface area contributed by atoms with E-state index in [9.17, 15) is 18.0 Å². The van der Waals surface area contributed by atoms with Crippen molar-refractivity contribution in [1.82, 2.24) is 19.7 Å². The van der Waals surface area contributed by atoms with Crippen molar-refractivity contribution in [2.75, 3.05) is 26.2 Å². The second-order valence-corrected chi connectivity index (χ2v) is 14.5. The van der Waals surface area contributed by atoms with Crippen LogP contribution < -0.4 is 4.74 Å². The Morgan fingerprint density at radius 1 is 0.906 bits per heavy atom. The Morgan fingerprint density at radius 2 is 1.70 bits per heavy atom. The number of aromatic nitrogens is 3. The topological polar surface area (TPSA) is 69.5 Å². The van der Waals surface area contributed by atoms with Gasteiger partial charge in [0.25, 0.3) is 0 Å². The van der Waals surface area contributed by atoms with Crippen molar-refractivity contribution < 1.29 is 31.8 Å². The van der Waals surface area contributed by atoms with Crippen LogP contribution in [0.5, 0.6) is 5.88 Å². The van der Waals surface area contributed by atoms with Gasteiger partial charge in [-0.25, -0.2) is 9.67 Å². The molecular weight excluding hydrogens is 684 g/mol. The normalized spacial score (nSPS) is 21.2. The highest BCUT2D eigenvalue weighted by atomic mass is 19.4. The lowest BCUT2D eigenvalue weighted by atomic mass is 9.86. The number of pyridine rings is 1. The average molecular weight is 731 g/mol. The number of alkyl halides is 3. The Hall–Kier alpha value is -4.35. The van der Waals surface area contributed by atoms with E-state index in [1.807, 2.05) is 6.08 Å². The smallest absolute Gasteiger partial charge is 0.393 e. The molecule has 3 aliphatic rings. The molecule has 0 radical (unpaired) electrons. The van der Waals surface area contributed by atoms with Gasteiger partial charge in [0.1, 0.15) is 6.10 Å². The number of fused-ring (bicyclic) bond motifs is 1. The molecule has 0 bridgehead atoms. The first-order valence-electron chi connectivity index (χ1n) is 18.9. The van der Waals surface area contributed by atoms with Gasteiger partial charge in [-0.2, -0.15) is 17.6 Å². The first-order chi connectivity index (χ1) is 25.7. The molecule has 280 valence electrons. The molecule has 0 spiro atoms. The molecule has 7 rings (SSSR count). The summed E-state index contributed by atoms with van der Waals surface area (Å²) in [7, 11) is 0. The minimum Gasteiger partial charge on any atom is -0.473 e. The fourth-order valence-electron chi connectivity index (χ4n) is 7.97. The molecule has 11 heteroatoms. The van der Waals surface area contributed by atoms with Crippen LogP contribution in [0.4, 0.5) is 17.6 Å².